The molecule has 0 N–H and O–H groups in total. The van der Waals surface area contributed by atoms with Crippen molar-refractivity contribution in [2.24, 2.45) is 0 Å². The van der Waals surface area contributed by atoms with E-state index in [1.807, 2.05) is 59.5 Å². The minimum Gasteiger partial charge on any atom is -0.472 e. The Hall–Kier alpha value is -2.66. The number of likely N-dealkylation sites (tertiary alicyclic amines) is 1. The number of hydrogen-bond acceptors (Lipinski definition) is 3. The fourth-order valence-corrected chi connectivity index (χ4v) is 3.59. The molecule has 27 heavy (non-hydrogen) atoms. The lowest BCUT2D eigenvalue weighted by Gasteiger charge is -2.17. The molecule has 0 aliphatic carbocycles. The zero-order valence-corrected chi connectivity index (χ0v) is 16.3. The topological polar surface area (TPSA) is 42.4 Å². The number of hydrogen-bond donors (Lipinski definition) is 0. The van der Waals surface area contributed by atoms with Gasteiger partial charge >= 0.3 is 0 Å². The molecule has 1 unspecified atom stereocenters. The third-order valence-corrected chi connectivity index (χ3v) is 5.28. The molecule has 0 radical (unpaired) electrons. The summed E-state index contributed by atoms with van der Waals surface area (Å²) in [4.78, 5) is 18.9. The van der Waals surface area contributed by atoms with Crippen molar-refractivity contribution in [1.29, 1.82) is 0 Å². The van der Waals surface area contributed by atoms with Crippen LogP contribution in [0.1, 0.15) is 16.8 Å². The molecular weight excluding hydrogens is 404 g/mol. The van der Waals surface area contributed by atoms with Gasteiger partial charge in [-0.3, -0.25) is 4.79 Å². The van der Waals surface area contributed by atoms with Gasteiger partial charge in [-0.25, -0.2) is 4.98 Å². The molecule has 136 valence electrons. The molecule has 5 heteroatoms. The van der Waals surface area contributed by atoms with Crippen LogP contribution in [0.3, 0.4) is 0 Å². The first kappa shape index (κ1) is 17.7. The highest BCUT2D eigenvalue weighted by atomic mass is 79.9. The van der Waals surface area contributed by atoms with Gasteiger partial charge in [0.1, 0.15) is 6.10 Å². The van der Waals surface area contributed by atoms with Crippen LogP contribution in [0.5, 0.6) is 5.88 Å². The molecule has 2 aromatic carbocycles. The van der Waals surface area contributed by atoms with E-state index < -0.39 is 0 Å². The fourth-order valence-electron chi connectivity index (χ4n) is 3.24. The number of carbonyl (C=O) groups is 1. The van der Waals surface area contributed by atoms with Crippen LogP contribution >= 0.6 is 15.9 Å². The highest BCUT2D eigenvalue weighted by Crippen LogP contribution is 2.25. The fraction of sp³-hybridized carbons (Fsp3) is 0.182. The second kappa shape index (κ2) is 7.92. The number of benzene rings is 2. The second-order valence-electron chi connectivity index (χ2n) is 6.51. The smallest absolute Gasteiger partial charge is 0.253 e. The van der Waals surface area contributed by atoms with E-state index in [4.69, 9.17) is 4.74 Å². The van der Waals surface area contributed by atoms with Crippen LogP contribution in [0.4, 0.5) is 0 Å². The summed E-state index contributed by atoms with van der Waals surface area (Å²) in [5.74, 6) is 0.616. The Balaban J connectivity index is 1.41. The van der Waals surface area contributed by atoms with Crippen molar-refractivity contribution in [3.63, 3.8) is 0 Å². The number of nitrogens with zero attached hydrogens (tertiary/aromatic N) is 2. The minimum atomic E-state index is -0.0382. The van der Waals surface area contributed by atoms with Gasteiger partial charge in [0, 0.05) is 24.7 Å². The summed E-state index contributed by atoms with van der Waals surface area (Å²) >= 11 is 3.44. The van der Waals surface area contributed by atoms with Gasteiger partial charge in [0.05, 0.1) is 11.0 Å². The maximum Gasteiger partial charge on any atom is 0.253 e. The number of carbonyl (C=O) groups excluding carboxylic acids is 1. The molecule has 1 aliphatic heterocycles. The molecule has 1 atom stereocenters. The van der Waals surface area contributed by atoms with Gasteiger partial charge in [0.15, 0.2) is 0 Å². The van der Waals surface area contributed by atoms with Gasteiger partial charge in [-0.2, -0.15) is 0 Å². The maximum absolute atomic E-state index is 12.8. The third-order valence-electron chi connectivity index (χ3n) is 4.67. The van der Waals surface area contributed by atoms with E-state index in [2.05, 4.69) is 33.0 Å². The largest absolute Gasteiger partial charge is 0.472 e. The van der Waals surface area contributed by atoms with E-state index in [-0.39, 0.29) is 12.0 Å². The molecule has 0 spiro atoms. The van der Waals surface area contributed by atoms with Crippen LogP contribution < -0.4 is 4.74 Å². The summed E-state index contributed by atoms with van der Waals surface area (Å²) in [5, 5.41) is 0. The van der Waals surface area contributed by atoms with Gasteiger partial charge in [0.2, 0.25) is 5.88 Å². The predicted octanol–water partition coefficient (Wildman–Crippen LogP) is 4.80. The summed E-state index contributed by atoms with van der Waals surface area (Å²) in [5.41, 5.74) is 2.95. The van der Waals surface area contributed by atoms with Gasteiger partial charge in [-0.1, -0.05) is 42.5 Å². The van der Waals surface area contributed by atoms with E-state index in [1.165, 1.54) is 0 Å². The van der Waals surface area contributed by atoms with Crippen LogP contribution in [0, 0.1) is 0 Å². The molecule has 0 saturated carbocycles. The van der Waals surface area contributed by atoms with Crippen molar-refractivity contribution in [2.45, 2.75) is 12.5 Å². The zero-order valence-electron chi connectivity index (χ0n) is 14.7. The lowest BCUT2D eigenvalue weighted by Crippen LogP contribution is -2.31. The molecule has 1 saturated heterocycles. The van der Waals surface area contributed by atoms with Crippen LogP contribution in [0.15, 0.2) is 77.4 Å². The lowest BCUT2D eigenvalue weighted by atomic mass is 10.0. The van der Waals surface area contributed by atoms with Crippen molar-refractivity contribution in [3.05, 3.63) is 83.0 Å². The van der Waals surface area contributed by atoms with Gasteiger partial charge < -0.3 is 9.64 Å². The van der Waals surface area contributed by atoms with Gasteiger partial charge in [-0.15, -0.1) is 0 Å². The van der Waals surface area contributed by atoms with E-state index in [9.17, 15) is 4.79 Å². The normalized spacial score (nSPS) is 16.3. The molecule has 0 bridgehead atoms. The maximum atomic E-state index is 12.8. The first-order valence-electron chi connectivity index (χ1n) is 8.92. The van der Waals surface area contributed by atoms with Crippen LogP contribution in [0.25, 0.3) is 11.1 Å². The number of ether oxygens (including phenoxy) is 1. The molecule has 2 heterocycles. The monoisotopic (exact) mass is 422 g/mol. The number of pyridine rings is 1. The average molecular weight is 423 g/mol. The van der Waals surface area contributed by atoms with E-state index in [0.717, 1.165) is 22.0 Å². The van der Waals surface area contributed by atoms with Crippen LogP contribution in [-0.4, -0.2) is 35.0 Å². The molecule has 1 amide bonds. The molecule has 1 fully saturated rings. The van der Waals surface area contributed by atoms with Crippen LogP contribution in [0.2, 0.25) is 0 Å². The highest BCUT2D eigenvalue weighted by molar-refractivity contribution is 9.10. The molecule has 1 aliphatic rings. The Morgan fingerprint density at radius 1 is 1.00 bits per heavy atom. The van der Waals surface area contributed by atoms with E-state index >= 15 is 0 Å². The molecular formula is C22H19BrN2O2. The zero-order chi connectivity index (χ0) is 18.6. The van der Waals surface area contributed by atoms with Gasteiger partial charge in [0.25, 0.3) is 5.91 Å². The Morgan fingerprint density at radius 2 is 1.74 bits per heavy atom. The summed E-state index contributed by atoms with van der Waals surface area (Å²) in [6.45, 7) is 1.26. The summed E-state index contributed by atoms with van der Waals surface area (Å²) < 4.78 is 6.77. The standard InChI is InChI=1S/C22H19BrN2O2/c23-20-7-4-13-24-21(20)27-19-12-14-25(15-19)22(26)18-10-8-17(9-11-18)16-5-2-1-3-6-16/h1-11,13,19H,12,14-15H2. The number of amides is 1. The molecule has 3 aromatic rings. The quantitative estimate of drug-likeness (QED) is 0.605. The first-order valence-corrected chi connectivity index (χ1v) is 9.72. The van der Waals surface area contributed by atoms with Crippen molar-refractivity contribution < 1.29 is 9.53 Å². The SMILES string of the molecule is O=C(c1ccc(-c2ccccc2)cc1)N1CCC(Oc2ncccc2Br)C1. The Labute approximate surface area is 166 Å². The average Bonchev–Trinajstić information content (AvgIpc) is 3.18. The number of halogens is 1. The predicted molar refractivity (Wildman–Crippen MR) is 109 cm³/mol. The minimum absolute atomic E-state index is 0.0382. The van der Waals surface area contributed by atoms with Crippen molar-refractivity contribution in [2.75, 3.05) is 13.1 Å². The van der Waals surface area contributed by atoms with E-state index in [0.29, 0.717) is 24.5 Å². The summed E-state index contributed by atoms with van der Waals surface area (Å²) in [6.07, 6.45) is 2.46. The van der Waals surface area contributed by atoms with Crippen molar-refractivity contribution >= 4 is 21.8 Å². The Morgan fingerprint density at radius 3 is 2.48 bits per heavy atom. The van der Waals surface area contributed by atoms with Crippen molar-refractivity contribution in [1.82, 2.24) is 9.88 Å². The van der Waals surface area contributed by atoms with Crippen LogP contribution in [-0.2, 0) is 0 Å². The van der Waals surface area contributed by atoms with Crippen molar-refractivity contribution in [3.8, 4) is 17.0 Å². The Kier molecular flexibility index (Phi) is 5.21. The summed E-state index contributed by atoms with van der Waals surface area (Å²) in [6, 6.07) is 21.7. The molecule has 4 rings (SSSR count). The number of rotatable bonds is 4. The lowest BCUT2D eigenvalue weighted by molar-refractivity contribution is 0.0771. The first-order chi connectivity index (χ1) is 13.2. The Bertz CT molecular complexity index is 929. The summed E-state index contributed by atoms with van der Waals surface area (Å²) in [7, 11) is 0. The third kappa shape index (κ3) is 4.03. The molecule has 1 aromatic heterocycles. The number of aromatic nitrogens is 1. The second-order valence-corrected chi connectivity index (χ2v) is 7.37. The van der Waals surface area contributed by atoms with E-state index in [1.54, 1.807) is 6.20 Å². The molecule has 4 nitrogen and oxygen atoms in total. The van der Waals surface area contributed by atoms with Gasteiger partial charge in [-0.05, 0) is 51.3 Å². The highest BCUT2D eigenvalue weighted by Gasteiger charge is 2.29.